The van der Waals surface area contributed by atoms with Crippen LogP contribution in [-0.4, -0.2) is 42.4 Å². The van der Waals surface area contributed by atoms with E-state index in [0.717, 1.165) is 17.8 Å². The molecule has 0 bridgehead atoms. The summed E-state index contributed by atoms with van der Waals surface area (Å²) in [6, 6.07) is 12.3. The summed E-state index contributed by atoms with van der Waals surface area (Å²) >= 11 is 0. The van der Waals surface area contributed by atoms with Crippen molar-refractivity contribution in [2.75, 3.05) is 36.5 Å². The van der Waals surface area contributed by atoms with Gasteiger partial charge in [-0.3, -0.25) is 4.79 Å². The minimum atomic E-state index is 0.0152. The number of anilines is 2. The molecule has 3 N–H and O–H groups in total. The number of rotatable bonds is 7. The number of nitrogens with zero attached hydrogens (tertiary/aromatic N) is 1. The van der Waals surface area contributed by atoms with Crippen LogP contribution in [0.25, 0.3) is 11.1 Å². The highest BCUT2D eigenvalue weighted by atomic mass is 16.3. The van der Waals surface area contributed by atoms with Crippen LogP contribution in [0.2, 0.25) is 0 Å². The van der Waals surface area contributed by atoms with E-state index in [0.29, 0.717) is 19.5 Å². The highest BCUT2D eigenvalue weighted by molar-refractivity contribution is 5.91. The van der Waals surface area contributed by atoms with Gasteiger partial charge >= 0.3 is 0 Å². The van der Waals surface area contributed by atoms with E-state index in [1.807, 2.05) is 30.0 Å². The summed E-state index contributed by atoms with van der Waals surface area (Å²) in [7, 11) is 0. The Kier molecular flexibility index (Phi) is 5.36. The zero-order chi connectivity index (χ0) is 17.8. The van der Waals surface area contributed by atoms with Gasteiger partial charge in [0.05, 0.1) is 13.2 Å². The fourth-order valence-corrected chi connectivity index (χ4v) is 3.33. The molecule has 5 heteroatoms. The van der Waals surface area contributed by atoms with Gasteiger partial charge in [-0.25, -0.2) is 0 Å². The van der Waals surface area contributed by atoms with Gasteiger partial charge in [-0.05, 0) is 52.9 Å². The van der Waals surface area contributed by atoms with Crippen LogP contribution in [0.5, 0.6) is 0 Å². The summed E-state index contributed by atoms with van der Waals surface area (Å²) in [5.41, 5.74) is 6.69. The highest BCUT2D eigenvalue weighted by Gasteiger charge is 2.20. The van der Waals surface area contributed by atoms with Gasteiger partial charge in [0.2, 0.25) is 5.91 Å². The molecule has 0 spiro atoms. The molecule has 0 radical (unpaired) electrons. The second kappa shape index (κ2) is 7.68. The Morgan fingerprint density at radius 2 is 1.68 bits per heavy atom. The van der Waals surface area contributed by atoms with Crippen LogP contribution in [0.1, 0.15) is 24.5 Å². The Morgan fingerprint density at radius 1 is 1.04 bits per heavy atom. The molecule has 0 saturated carbocycles. The molecule has 5 nitrogen and oxygen atoms in total. The molecular weight excluding hydrogens is 316 g/mol. The van der Waals surface area contributed by atoms with Gasteiger partial charge in [0.15, 0.2) is 0 Å². The van der Waals surface area contributed by atoms with Crippen molar-refractivity contribution in [2.24, 2.45) is 0 Å². The minimum absolute atomic E-state index is 0.0152. The third-order valence-electron chi connectivity index (χ3n) is 4.57. The normalized spacial score (nSPS) is 11.8. The van der Waals surface area contributed by atoms with Gasteiger partial charge < -0.3 is 20.4 Å². The maximum atomic E-state index is 11.6. The second-order valence-corrected chi connectivity index (χ2v) is 6.23. The molecule has 0 fully saturated rings. The molecule has 2 aromatic rings. The highest BCUT2D eigenvalue weighted by Crippen LogP contribution is 2.39. The van der Waals surface area contributed by atoms with Gasteiger partial charge in [0.25, 0.3) is 0 Å². The topological polar surface area (TPSA) is 72.8 Å². The summed E-state index contributed by atoms with van der Waals surface area (Å²) in [5, 5.41) is 21.4. The first-order valence-electron chi connectivity index (χ1n) is 8.69. The van der Waals surface area contributed by atoms with Gasteiger partial charge in [-0.15, -0.1) is 0 Å². The number of hydrogen-bond donors (Lipinski definition) is 3. The first-order chi connectivity index (χ1) is 12.2. The first-order valence-corrected chi connectivity index (χ1v) is 8.69. The smallest absolute Gasteiger partial charge is 0.224 e. The molecular formula is C20H24N2O3. The van der Waals surface area contributed by atoms with Crippen molar-refractivity contribution in [3.63, 3.8) is 0 Å². The second-order valence-electron chi connectivity index (χ2n) is 6.23. The van der Waals surface area contributed by atoms with E-state index >= 15 is 0 Å². The van der Waals surface area contributed by atoms with E-state index in [2.05, 4.69) is 23.5 Å². The van der Waals surface area contributed by atoms with Gasteiger partial charge in [0.1, 0.15) is 0 Å². The number of benzene rings is 2. The van der Waals surface area contributed by atoms with E-state index in [1.165, 1.54) is 22.3 Å². The van der Waals surface area contributed by atoms with Crippen LogP contribution in [0.4, 0.5) is 11.4 Å². The van der Waals surface area contributed by atoms with E-state index in [4.69, 9.17) is 0 Å². The van der Waals surface area contributed by atoms with Gasteiger partial charge in [-0.2, -0.15) is 0 Å². The number of carbonyl (C=O) groups excluding carboxylic acids is 1. The van der Waals surface area contributed by atoms with Crippen molar-refractivity contribution in [1.82, 2.24) is 0 Å². The number of amides is 1. The van der Waals surface area contributed by atoms with Crippen LogP contribution >= 0.6 is 0 Å². The summed E-state index contributed by atoms with van der Waals surface area (Å²) in [6.45, 7) is 2.94. The SMILES string of the molecule is CCC(=O)Nc1ccc2c(c1)Cc1cc(N(CCO)CCO)ccc1-2. The molecule has 1 aliphatic rings. The van der Waals surface area contributed by atoms with Crippen molar-refractivity contribution in [3.8, 4) is 11.1 Å². The standard InChI is InChI=1S/C20H24N2O3/c1-2-20(25)21-16-3-5-18-14(12-16)11-15-13-17(4-6-19(15)18)22(7-9-23)8-10-24/h3-6,12-13,23-24H,2,7-11H2,1H3,(H,21,25). The third-order valence-corrected chi connectivity index (χ3v) is 4.57. The molecule has 2 aromatic carbocycles. The van der Waals surface area contributed by atoms with Crippen molar-refractivity contribution in [3.05, 3.63) is 47.5 Å². The summed E-state index contributed by atoms with van der Waals surface area (Å²) < 4.78 is 0. The number of hydrogen-bond acceptors (Lipinski definition) is 4. The van der Waals surface area contributed by atoms with E-state index in [1.54, 1.807) is 0 Å². The molecule has 0 aliphatic heterocycles. The molecule has 0 saturated heterocycles. The molecule has 0 atom stereocenters. The molecule has 132 valence electrons. The van der Waals surface area contributed by atoms with Crippen LogP contribution in [-0.2, 0) is 11.2 Å². The molecule has 1 amide bonds. The predicted octanol–water partition coefficient (Wildman–Crippen LogP) is 2.40. The summed E-state index contributed by atoms with van der Waals surface area (Å²) in [5.74, 6) is 0.0152. The fourth-order valence-electron chi connectivity index (χ4n) is 3.33. The van der Waals surface area contributed by atoms with E-state index in [-0.39, 0.29) is 19.1 Å². The number of carbonyl (C=O) groups is 1. The first kappa shape index (κ1) is 17.5. The molecule has 1 aliphatic carbocycles. The van der Waals surface area contributed by atoms with Crippen molar-refractivity contribution < 1.29 is 15.0 Å². The molecule has 25 heavy (non-hydrogen) atoms. The maximum Gasteiger partial charge on any atom is 0.224 e. The van der Waals surface area contributed by atoms with Crippen LogP contribution in [0, 0.1) is 0 Å². The lowest BCUT2D eigenvalue weighted by Crippen LogP contribution is -2.29. The van der Waals surface area contributed by atoms with Crippen molar-refractivity contribution >= 4 is 17.3 Å². The molecule has 0 unspecified atom stereocenters. The largest absolute Gasteiger partial charge is 0.395 e. The van der Waals surface area contributed by atoms with Crippen molar-refractivity contribution in [2.45, 2.75) is 19.8 Å². The average molecular weight is 340 g/mol. The van der Waals surface area contributed by atoms with Gasteiger partial charge in [-0.1, -0.05) is 19.1 Å². The van der Waals surface area contributed by atoms with Crippen LogP contribution in [0.15, 0.2) is 36.4 Å². The predicted molar refractivity (Wildman–Crippen MR) is 100.0 cm³/mol. The lowest BCUT2D eigenvalue weighted by Gasteiger charge is -2.23. The number of nitrogens with one attached hydrogen (secondary N) is 1. The van der Waals surface area contributed by atoms with Crippen LogP contribution in [0.3, 0.4) is 0 Å². The Bertz CT molecular complexity index is 768. The van der Waals surface area contributed by atoms with Crippen LogP contribution < -0.4 is 10.2 Å². The molecule has 0 heterocycles. The third kappa shape index (κ3) is 3.67. The number of aliphatic hydroxyl groups is 2. The van der Waals surface area contributed by atoms with Crippen molar-refractivity contribution in [1.29, 1.82) is 0 Å². The zero-order valence-corrected chi connectivity index (χ0v) is 14.5. The van der Waals surface area contributed by atoms with E-state index in [9.17, 15) is 15.0 Å². The number of fused-ring (bicyclic) bond motifs is 3. The number of aliphatic hydroxyl groups excluding tert-OH is 2. The Morgan fingerprint density at radius 3 is 2.32 bits per heavy atom. The van der Waals surface area contributed by atoms with Gasteiger partial charge in [0, 0.05) is 30.9 Å². The monoisotopic (exact) mass is 340 g/mol. The summed E-state index contributed by atoms with van der Waals surface area (Å²) in [6.07, 6.45) is 1.28. The molecule has 0 aromatic heterocycles. The Hall–Kier alpha value is -2.37. The lowest BCUT2D eigenvalue weighted by molar-refractivity contribution is -0.115. The summed E-state index contributed by atoms with van der Waals surface area (Å²) in [4.78, 5) is 13.6. The maximum absolute atomic E-state index is 11.6. The minimum Gasteiger partial charge on any atom is -0.395 e. The zero-order valence-electron chi connectivity index (χ0n) is 14.5. The lowest BCUT2D eigenvalue weighted by atomic mass is 10.0. The fraction of sp³-hybridized carbons (Fsp3) is 0.350. The molecule has 3 rings (SSSR count). The Labute approximate surface area is 147 Å². The average Bonchev–Trinajstić information content (AvgIpc) is 2.98. The Balaban J connectivity index is 1.85. The van der Waals surface area contributed by atoms with E-state index < -0.39 is 0 Å². The quantitative estimate of drug-likeness (QED) is 0.617.